The van der Waals surface area contributed by atoms with E-state index in [0.717, 1.165) is 12.1 Å². The van der Waals surface area contributed by atoms with Gasteiger partial charge in [0.15, 0.2) is 0 Å². The molecular weight excluding hydrogens is 352 g/mol. The molecule has 3 rings (SSSR count). The summed E-state index contributed by atoms with van der Waals surface area (Å²) in [7, 11) is 0. The normalized spacial score (nSPS) is 20.2. The predicted octanol–water partition coefficient (Wildman–Crippen LogP) is 0.194. The molecule has 2 N–H and O–H groups in total. The van der Waals surface area contributed by atoms with E-state index >= 15 is 0 Å². The molecule has 0 radical (unpaired) electrons. The highest BCUT2D eigenvalue weighted by Gasteiger charge is 2.30. The van der Waals surface area contributed by atoms with Gasteiger partial charge in [-0.05, 0) is 12.1 Å². The van der Waals surface area contributed by atoms with E-state index < -0.39 is 46.1 Å². The standard InChI is InChI=1S/C16H14O10/c17-13(18)9-1-10(14(19)20)12(16(22)26-6-8-4-24-8)2-11(9)15(21)25-5-7-3-23-7/h1-2,7-8H,3-6H2,(H,17,18)(H,19,20). The molecule has 0 aromatic heterocycles. The number of rotatable bonds is 8. The van der Waals surface area contributed by atoms with Crippen molar-refractivity contribution in [2.24, 2.45) is 0 Å². The fraction of sp³-hybridized carbons (Fsp3) is 0.375. The van der Waals surface area contributed by atoms with Gasteiger partial charge in [0.1, 0.15) is 25.4 Å². The van der Waals surface area contributed by atoms with Crippen molar-refractivity contribution >= 4 is 23.9 Å². The number of carbonyl (C=O) groups excluding carboxylic acids is 2. The molecule has 1 aromatic rings. The van der Waals surface area contributed by atoms with E-state index in [-0.39, 0.29) is 25.4 Å². The number of carboxylic acid groups (broad SMARTS) is 2. The van der Waals surface area contributed by atoms with Crippen molar-refractivity contribution in [2.75, 3.05) is 26.4 Å². The lowest BCUT2D eigenvalue weighted by Crippen LogP contribution is -2.20. The largest absolute Gasteiger partial charge is 0.478 e. The topological polar surface area (TPSA) is 152 Å². The maximum Gasteiger partial charge on any atom is 0.339 e. The molecule has 2 atom stereocenters. The molecule has 2 fully saturated rings. The number of hydrogen-bond acceptors (Lipinski definition) is 8. The monoisotopic (exact) mass is 366 g/mol. The van der Waals surface area contributed by atoms with Crippen LogP contribution >= 0.6 is 0 Å². The highest BCUT2D eigenvalue weighted by atomic mass is 16.6. The summed E-state index contributed by atoms with van der Waals surface area (Å²) in [4.78, 5) is 47.1. The SMILES string of the molecule is O=C(O)c1cc(C(=O)O)c(C(=O)OCC2CO2)cc1C(=O)OCC1CO1. The van der Waals surface area contributed by atoms with Gasteiger partial charge >= 0.3 is 23.9 Å². The van der Waals surface area contributed by atoms with Crippen molar-refractivity contribution in [1.82, 2.24) is 0 Å². The number of benzene rings is 1. The number of epoxide rings is 2. The molecule has 2 saturated heterocycles. The molecule has 2 aliphatic rings. The smallest absolute Gasteiger partial charge is 0.339 e. The number of hydrogen-bond donors (Lipinski definition) is 2. The first-order valence-electron chi connectivity index (χ1n) is 7.59. The highest BCUT2D eigenvalue weighted by Crippen LogP contribution is 2.21. The first kappa shape index (κ1) is 17.8. The number of esters is 2. The Kier molecular flexibility index (Phi) is 4.87. The van der Waals surface area contributed by atoms with Crippen molar-refractivity contribution in [3.05, 3.63) is 34.4 Å². The Morgan fingerprint density at radius 2 is 1.15 bits per heavy atom. The second-order valence-corrected chi connectivity index (χ2v) is 5.66. The summed E-state index contributed by atoms with van der Waals surface area (Å²) < 4.78 is 19.7. The van der Waals surface area contributed by atoms with Crippen LogP contribution in [0.3, 0.4) is 0 Å². The summed E-state index contributed by atoms with van der Waals surface area (Å²) >= 11 is 0. The third kappa shape index (κ3) is 4.16. The fourth-order valence-corrected chi connectivity index (χ4v) is 2.11. The summed E-state index contributed by atoms with van der Waals surface area (Å²) in [5.41, 5.74) is -2.08. The first-order chi connectivity index (χ1) is 12.4. The van der Waals surface area contributed by atoms with Crippen LogP contribution in [0.15, 0.2) is 12.1 Å². The first-order valence-corrected chi connectivity index (χ1v) is 7.59. The maximum atomic E-state index is 12.2. The van der Waals surface area contributed by atoms with Crippen LogP contribution in [-0.4, -0.2) is 72.7 Å². The molecule has 0 spiro atoms. The van der Waals surface area contributed by atoms with Crippen LogP contribution in [0.4, 0.5) is 0 Å². The maximum absolute atomic E-state index is 12.2. The molecule has 26 heavy (non-hydrogen) atoms. The molecule has 0 bridgehead atoms. The molecule has 2 heterocycles. The highest BCUT2D eigenvalue weighted by molar-refractivity contribution is 6.09. The van der Waals surface area contributed by atoms with Gasteiger partial charge in [0, 0.05) is 0 Å². The van der Waals surface area contributed by atoms with Crippen LogP contribution in [-0.2, 0) is 18.9 Å². The van der Waals surface area contributed by atoms with E-state index in [1.54, 1.807) is 0 Å². The Balaban J connectivity index is 1.92. The molecule has 0 saturated carbocycles. The van der Waals surface area contributed by atoms with Gasteiger partial charge in [-0.1, -0.05) is 0 Å². The van der Waals surface area contributed by atoms with Gasteiger partial charge in [-0.15, -0.1) is 0 Å². The molecule has 0 aliphatic carbocycles. The van der Waals surface area contributed by atoms with Crippen LogP contribution in [0.2, 0.25) is 0 Å². The van der Waals surface area contributed by atoms with Crippen LogP contribution in [0.25, 0.3) is 0 Å². The summed E-state index contributed by atoms with van der Waals surface area (Å²) in [6, 6.07) is 1.60. The van der Waals surface area contributed by atoms with Crippen molar-refractivity contribution in [3.8, 4) is 0 Å². The molecule has 2 aliphatic heterocycles. The number of carboxylic acids is 2. The Bertz CT molecular complexity index is 714. The van der Waals surface area contributed by atoms with Gasteiger partial charge < -0.3 is 29.2 Å². The molecular formula is C16H14O10. The van der Waals surface area contributed by atoms with Gasteiger partial charge in [-0.2, -0.15) is 0 Å². The van der Waals surface area contributed by atoms with Crippen molar-refractivity contribution in [3.63, 3.8) is 0 Å². The van der Waals surface area contributed by atoms with Crippen LogP contribution in [0.1, 0.15) is 41.4 Å². The van der Waals surface area contributed by atoms with Gasteiger partial charge in [-0.3, -0.25) is 0 Å². The van der Waals surface area contributed by atoms with E-state index in [0.29, 0.717) is 13.2 Å². The zero-order valence-corrected chi connectivity index (χ0v) is 13.3. The minimum absolute atomic E-state index is 0.0721. The lowest BCUT2D eigenvalue weighted by atomic mass is 9.98. The average Bonchev–Trinajstić information content (AvgIpc) is 3.50. The van der Waals surface area contributed by atoms with Crippen molar-refractivity contribution in [2.45, 2.75) is 12.2 Å². The predicted molar refractivity (Wildman–Crippen MR) is 80.4 cm³/mol. The second kappa shape index (κ2) is 7.10. The summed E-state index contributed by atoms with van der Waals surface area (Å²) in [5.74, 6) is -5.08. The van der Waals surface area contributed by atoms with E-state index in [1.165, 1.54) is 0 Å². The Hall–Kier alpha value is -2.98. The number of ether oxygens (including phenoxy) is 4. The van der Waals surface area contributed by atoms with Crippen LogP contribution in [0.5, 0.6) is 0 Å². The average molecular weight is 366 g/mol. The Labute approximate surface area is 146 Å². The van der Waals surface area contributed by atoms with E-state index in [9.17, 15) is 29.4 Å². The van der Waals surface area contributed by atoms with Gasteiger partial charge in [0.2, 0.25) is 0 Å². The number of aromatic carboxylic acids is 2. The lowest BCUT2D eigenvalue weighted by molar-refractivity contribution is 0.0459. The molecule has 138 valence electrons. The van der Waals surface area contributed by atoms with E-state index in [4.69, 9.17) is 18.9 Å². The molecule has 0 amide bonds. The quantitative estimate of drug-likeness (QED) is 0.482. The molecule has 10 nitrogen and oxygen atoms in total. The van der Waals surface area contributed by atoms with E-state index in [2.05, 4.69) is 0 Å². The van der Waals surface area contributed by atoms with E-state index in [1.807, 2.05) is 0 Å². The third-order valence-corrected chi connectivity index (χ3v) is 3.66. The summed E-state index contributed by atoms with van der Waals surface area (Å²) in [6.07, 6.45) is -0.484. The minimum Gasteiger partial charge on any atom is -0.478 e. The Morgan fingerprint density at radius 1 is 0.808 bits per heavy atom. The zero-order chi connectivity index (χ0) is 18.8. The summed E-state index contributed by atoms with van der Waals surface area (Å²) in [5, 5.41) is 18.5. The lowest BCUT2D eigenvalue weighted by Gasteiger charge is -2.11. The van der Waals surface area contributed by atoms with Gasteiger partial charge in [0.05, 0.1) is 35.5 Å². The van der Waals surface area contributed by atoms with Gasteiger partial charge in [0.25, 0.3) is 0 Å². The molecule has 1 aromatic carbocycles. The van der Waals surface area contributed by atoms with Crippen LogP contribution < -0.4 is 0 Å². The Morgan fingerprint density at radius 3 is 1.46 bits per heavy atom. The number of carbonyl (C=O) groups is 4. The van der Waals surface area contributed by atoms with Crippen molar-refractivity contribution < 1.29 is 48.3 Å². The van der Waals surface area contributed by atoms with Gasteiger partial charge in [-0.25, -0.2) is 19.2 Å². The fourth-order valence-electron chi connectivity index (χ4n) is 2.11. The summed E-state index contributed by atoms with van der Waals surface area (Å²) in [6.45, 7) is 0.713. The molecule has 10 heteroatoms. The second-order valence-electron chi connectivity index (χ2n) is 5.66. The zero-order valence-electron chi connectivity index (χ0n) is 13.3. The van der Waals surface area contributed by atoms with Crippen molar-refractivity contribution in [1.29, 1.82) is 0 Å². The third-order valence-electron chi connectivity index (χ3n) is 3.66. The van der Waals surface area contributed by atoms with Crippen LogP contribution in [0, 0.1) is 0 Å². The minimum atomic E-state index is -1.53. The molecule has 2 unspecified atom stereocenters.